The van der Waals surface area contributed by atoms with Crippen LogP contribution in [0.15, 0.2) is 18.2 Å². The molecule has 1 aromatic carbocycles. The zero-order valence-electron chi connectivity index (χ0n) is 10.6. The van der Waals surface area contributed by atoms with Crippen molar-refractivity contribution in [1.29, 1.82) is 0 Å². The number of halogens is 1. The first kappa shape index (κ1) is 13.0. The summed E-state index contributed by atoms with van der Waals surface area (Å²) in [5.41, 5.74) is 1.16. The van der Waals surface area contributed by atoms with Gasteiger partial charge in [-0.2, -0.15) is 0 Å². The zero-order valence-corrected chi connectivity index (χ0v) is 10.6. The lowest BCUT2D eigenvalue weighted by atomic mass is 10.1. The Morgan fingerprint density at radius 2 is 2.33 bits per heavy atom. The van der Waals surface area contributed by atoms with Gasteiger partial charge < -0.3 is 10.6 Å². The van der Waals surface area contributed by atoms with Crippen LogP contribution in [-0.2, 0) is 0 Å². The van der Waals surface area contributed by atoms with E-state index in [1.807, 2.05) is 0 Å². The van der Waals surface area contributed by atoms with Crippen molar-refractivity contribution < 1.29 is 9.18 Å². The predicted molar refractivity (Wildman–Crippen MR) is 69.1 cm³/mol. The second-order valence-electron chi connectivity index (χ2n) is 4.92. The minimum absolute atomic E-state index is 0.191. The van der Waals surface area contributed by atoms with Crippen LogP contribution in [0.1, 0.15) is 28.8 Å². The van der Waals surface area contributed by atoms with E-state index in [4.69, 9.17) is 0 Å². The third-order valence-corrected chi connectivity index (χ3v) is 3.30. The SMILES string of the molecule is Cc1cc(F)cc(C(=O)NCCC2CCNC2)c1. The van der Waals surface area contributed by atoms with Gasteiger partial charge >= 0.3 is 0 Å². The lowest BCUT2D eigenvalue weighted by Gasteiger charge is -2.09. The molecular formula is C14H19FN2O. The summed E-state index contributed by atoms with van der Waals surface area (Å²) in [6.07, 6.45) is 2.15. The molecule has 4 heteroatoms. The van der Waals surface area contributed by atoms with Gasteiger partial charge in [-0.15, -0.1) is 0 Å². The van der Waals surface area contributed by atoms with Gasteiger partial charge in [0, 0.05) is 12.1 Å². The van der Waals surface area contributed by atoms with Crippen LogP contribution in [0.4, 0.5) is 4.39 Å². The Hall–Kier alpha value is -1.42. The zero-order chi connectivity index (χ0) is 13.0. The van der Waals surface area contributed by atoms with Crippen molar-refractivity contribution in [3.05, 3.63) is 35.1 Å². The van der Waals surface area contributed by atoms with E-state index in [1.54, 1.807) is 13.0 Å². The lowest BCUT2D eigenvalue weighted by molar-refractivity contribution is 0.0951. The molecular weight excluding hydrogens is 231 g/mol. The molecule has 0 spiro atoms. The molecule has 1 saturated heterocycles. The third kappa shape index (κ3) is 3.53. The number of rotatable bonds is 4. The number of nitrogens with one attached hydrogen (secondary N) is 2. The van der Waals surface area contributed by atoms with Crippen LogP contribution in [0.3, 0.4) is 0 Å². The highest BCUT2D eigenvalue weighted by atomic mass is 19.1. The summed E-state index contributed by atoms with van der Waals surface area (Å²) < 4.78 is 13.2. The number of hydrogen-bond acceptors (Lipinski definition) is 2. The molecule has 0 bridgehead atoms. The van der Waals surface area contributed by atoms with Gasteiger partial charge in [-0.3, -0.25) is 4.79 Å². The fourth-order valence-electron chi connectivity index (χ4n) is 2.32. The van der Waals surface area contributed by atoms with Crippen molar-refractivity contribution in [2.45, 2.75) is 19.8 Å². The Morgan fingerprint density at radius 1 is 1.50 bits per heavy atom. The van der Waals surface area contributed by atoms with Gasteiger partial charge in [-0.1, -0.05) is 0 Å². The highest BCUT2D eigenvalue weighted by Gasteiger charge is 2.14. The summed E-state index contributed by atoms with van der Waals surface area (Å²) in [4.78, 5) is 11.8. The van der Waals surface area contributed by atoms with Gasteiger partial charge in [0.2, 0.25) is 0 Å². The number of carbonyl (C=O) groups is 1. The van der Waals surface area contributed by atoms with E-state index in [2.05, 4.69) is 10.6 Å². The number of benzene rings is 1. The van der Waals surface area contributed by atoms with Crippen LogP contribution in [0.25, 0.3) is 0 Å². The van der Waals surface area contributed by atoms with Crippen molar-refractivity contribution in [2.75, 3.05) is 19.6 Å². The maximum atomic E-state index is 13.2. The van der Waals surface area contributed by atoms with Crippen molar-refractivity contribution in [2.24, 2.45) is 5.92 Å². The van der Waals surface area contributed by atoms with Crippen LogP contribution in [-0.4, -0.2) is 25.5 Å². The summed E-state index contributed by atoms with van der Waals surface area (Å²) in [5, 5.41) is 6.14. The van der Waals surface area contributed by atoms with Crippen molar-refractivity contribution >= 4 is 5.91 Å². The van der Waals surface area contributed by atoms with Gasteiger partial charge in [0.05, 0.1) is 0 Å². The fraction of sp³-hybridized carbons (Fsp3) is 0.500. The average Bonchev–Trinajstić information content (AvgIpc) is 2.80. The molecule has 1 aliphatic rings. The largest absolute Gasteiger partial charge is 0.352 e. The minimum atomic E-state index is -0.361. The van der Waals surface area contributed by atoms with E-state index in [0.29, 0.717) is 18.0 Å². The van der Waals surface area contributed by atoms with Crippen molar-refractivity contribution in [3.8, 4) is 0 Å². The highest BCUT2D eigenvalue weighted by molar-refractivity contribution is 5.94. The highest BCUT2D eigenvalue weighted by Crippen LogP contribution is 2.11. The van der Waals surface area contributed by atoms with E-state index >= 15 is 0 Å². The standard InChI is InChI=1S/C14H19FN2O/c1-10-6-12(8-13(15)7-10)14(18)17-5-3-11-2-4-16-9-11/h6-8,11,16H,2-5,9H2,1H3,(H,17,18). The van der Waals surface area contributed by atoms with E-state index in [9.17, 15) is 9.18 Å². The molecule has 1 fully saturated rings. The first-order valence-electron chi connectivity index (χ1n) is 6.41. The molecule has 1 unspecified atom stereocenters. The Balaban J connectivity index is 1.83. The second kappa shape index (κ2) is 5.96. The molecule has 0 radical (unpaired) electrons. The van der Waals surface area contributed by atoms with Gasteiger partial charge in [-0.05, 0) is 62.5 Å². The topological polar surface area (TPSA) is 41.1 Å². The summed E-state index contributed by atoms with van der Waals surface area (Å²) in [7, 11) is 0. The normalized spacial score (nSPS) is 18.9. The quantitative estimate of drug-likeness (QED) is 0.856. The molecule has 0 aromatic heterocycles. The monoisotopic (exact) mass is 250 g/mol. The van der Waals surface area contributed by atoms with E-state index in [0.717, 1.165) is 25.1 Å². The smallest absolute Gasteiger partial charge is 0.251 e. The molecule has 2 rings (SSSR count). The molecule has 1 atom stereocenters. The second-order valence-corrected chi connectivity index (χ2v) is 4.92. The van der Waals surface area contributed by atoms with Gasteiger partial charge in [-0.25, -0.2) is 4.39 Å². The summed E-state index contributed by atoms with van der Waals surface area (Å²) in [5.74, 6) is 0.100. The van der Waals surface area contributed by atoms with Crippen LogP contribution in [0.5, 0.6) is 0 Å². The molecule has 1 aromatic rings. The van der Waals surface area contributed by atoms with Crippen LogP contribution in [0, 0.1) is 18.7 Å². The summed E-state index contributed by atoms with van der Waals surface area (Å²) >= 11 is 0. The first-order chi connectivity index (χ1) is 8.65. The summed E-state index contributed by atoms with van der Waals surface area (Å²) in [6, 6.07) is 4.40. The molecule has 1 aliphatic heterocycles. The molecule has 2 N–H and O–H groups in total. The van der Waals surface area contributed by atoms with Crippen LogP contribution in [0.2, 0.25) is 0 Å². The van der Waals surface area contributed by atoms with E-state index in [1.165, 1.54) is 18.6 Å². The third-order valence-electron chi connectivity index (χ3n) is 3.30. The number of carbonyl (C=O) groups excluding carboxylic acids is 1. The first-order valence-corrected chi connectivity index (χ1v) is 6.41. The molecule has 18 heavy (non-hydrogen) atoms. The van der Waals surface area contributed by atoms with Crippen molar-refractivity contribution in [1.82, 2.24) is 10.6 Å². The van der Waals surface area contributed by atoms with Gasteiger partial charge in [0.15, 0.2) is 0 Å². The maximum absolute atomic E-state index is 13.2. The molecule has 98 valence electrons. The molecule has 3 nitrogen and oxygen atoms in total. The van der Waals surface area contributed by atoms with E-state index in [-0.39, 0.29) is 11.7 Å². The van der Waals surface area contributed by atoms with Crippen LogP contribution >= 0.6 is 0 Å². The average molecular weight is 250 g/mol. The maximum Gasteiger partial charge on any atom is 0.251 e. The summed E-state index contributed by atoms with van der Waals surface area (Å²) in [6.45, 7) is 4.54. The fourth-order valence-corrected chi connectivity index (χ4v) is 2.32. The van der Waals surface area contributed by atoms with Crippen molar-refractivity contribution in [3.63, 3.8) is 0 Å². The lowest BCUT2D eigenvalue weighted by Crippen LogP contribution is -2.26. The van der Waals surface area contributed by atoms with E-state index < -0.39 is 0 Å². The Labute approximate surface area is 107 Å². The van der Waals surface area contributed by atoms with Gasteiger partial charge in [0.1, 0.15) is 5.82 Å². The molecule has 0 aliphatic carbocycles. The number of amides is 1. The minimum Gasteiger partial charge on any atom is -0.352 e. The Morgan fingerprint density at radius 3 is 3.00 bits per heavy atom. The number of aryl methyl sites for hydroxylation is 1. The number of hydrogen-bond donors (Lipinski definition) is 2. The molecule has 0 saturated carbocycles. The Bertz CT molecular complexity index is 408. The van der Waals surface area contributed by atoms with Gasteiger partial charge in [0.25, 0.3) is 5.91 Å². The van der Waals surface area contributed by atoms with Crippen LogP contribution < -0.4 is 10.6 Å². The Kier molecular flexibility index (Phi) is 4.31. The predicted octanol–water partition coefficient (Wildman–Crippen LogP) is 1.86. The molecule has 1 heterocycles. The molecule has 1 amide bonds.